The highest BCUT2D eigenvalue weighted by molar-refractivity contribution is 7.10. The van der Waals surface area contributed by atoms with Crippen LogP contribution in [0.3, 0.4) is 0 Å². The molecule has 2 aliphatic heterocycles. The van der Waals surface area contributed by atoms with Crippen LogP contribution in [0.4, 0.5) is 0 Å². The number of hydrogen-bond acceptors (Lipinski definition) is 5. The Labute approximate surface area is 219 Å². The monoisotopic (exact) mass is 512 g/mol. The Kier molecular flexibility index (Phi) is 9.07. The molecule has 0 aliphatic carbocycles. The smallest absolute Gasteiger partial charge is 0.242 e. The van der Waals surface area contributed by atoms with Crippen molar-refractivity contribution < 1.29 is 19.1 Å². The van der Waals surface area contributed by atoms with Gasteiger partial charge in [-0.2, -0.15) is 0 Å². The van der Waals surface area contributed by atoms with Gasteiger partial charge in [0.15, 0.2) is 0 Å². The van der Waals surface area contributed by atoms with Crippen molar-refractivity contribution in [1.82, 2.24) is 9.80 Å². The van der Waals surface area contributed by atoms with Gasteiger partial charge in [0, 0.05) is 31.0 Å². The maximum atomic E-state index is 13.7. The summed E-state index contributed by atoms with van der Waals surface area (Å²) in [6.45, 7) is 10.8. The zero-order valence-electron chi connectivity index (χ0n) is 22.1. The lowest BCUT2D eigenvalue weighted by Gasteiger charge is -2.37. The van der Waals surface area contributed by atoms with Crippen LogP contribution >= 0.6 is 11.3 Å². The molecule has 1 fully saturated rings. The summed E-state index contributed by atoms with van der Waals surface area (Å²) < 4.78 is 12.0. The van der Waals surface area contributed by atoms with E-state index in [0.29, 0.717) is 32.0 Å². The predicted octanol–water partition coefficient (Wildman–Crippen LogP) is 5.43. The van der Waals surface area contributed by atoms with Gasteiger partial charge in [0.1, 0.15) is 12.4 Å². The number of thiophene rings is 1. The summed E-state index contributed by atoms with van der Waals surface area (Å²) in [6, 6.07) is 10.2. The Morgan fingerprint density at radius 2 is 1.94 bits per heavy atom. The van der Waals surface area contributed by atoms with Crippen LogP contribution in [0.5, 0.6) is 5.75 Å². The van der Waals surface area contributed by atoms with Crippen LogP contribution in [0.25, 0.3) is 0 Å². The molecule has 2 aliphatic rings. The molecule has 0 saturated carbocycles. The number of fused-ring (bicyclic) bond motifs is 1. The largest absolute Gasteiger partial charge is 0.491 e. The normalized spacial score (nSPS) is 19.6. The van der Waals surface area contributed by atoms with Crippen molar-refractivity contribution >= 4 is 23.2 Å². The Morgan fingerprint density at radius 3 is 2.61 bits per heavy atom. The molecule has 36 heavy (non-hydrogen) atoms. The maximum absolute atomic E-state index is 13.7. The third-order valence-corrected chi connectivity index (χ3v) is 8.08. The standard InChI is InChI=1S/C29H40N2O4S/c1-20(2)16-28(32)30(17-24-6-5-14-34-24)18-29(33)31-13-11-27-25(12-15-36-27)26(31)19-35-23-9-7-22(8-10-23)21(3)4/h7-10,12,15,20-21,24,26H,5-6,11,13-14,16-19H2,1-4H3/t24-,26-/m0/s1. The van der Waals surface area contributed by atoms with Crippen LogP contribution < -0.4 is 4.74 Å². The van der Waals surface area contributed by atoms with E-state index >= 15 is 0 Å². The number of amides is 2. The summed E-state index contributed by atoms with van der Waals surface area (Å²) in [4.78, 5) is 31.7. The highest BCUT2D eigenvalue weighted by atomic mass is 32.1. The molecule has 6 nitrogen and oxygen atoms in total. The topological polar surface area (TPSA) is 59.1 Å². The first-order valence-corrected chi connectivity index (χ1v) is 14.2. The van der Waals surface area contributed by atoms with E-state index in [1.165, 1.54) is 10.4 Å². The highest BCUT2D eigenvalue weighted by Crippen LogP contribution is 2.34. The lowest BCUT2D eigenvalue weighted by Crippen LogP contribution is -2.49. The van der Waals surface area contributed by atoms with Crippen molar-refractivity contribution in [3.05, 3.63) is 51.7 Å². The minimum atomic E-state index is -0.165. The molecule has 1 saturated heterocycles. The summed E-state index contributed by atoms with van der Waals surface area (Å²) in [5.41, 5.74) is 2.44. The zero-order valence-corrected chi connectivity index (χ0v) is 22.9. The molecule has 196 valence electrons. The summed E-state index contributed by atoms with van der Waals surface area (Å²) in [5.74, 6) is 1.52. The van der Waals surface area contributed by atoms with E-state index < -0.39 is 0 Å². The first kappa shape index (κ1) is 26.7. The second kappa shape index (κ2) is 12.2. The van der Waals surface area contributed by atoms with Crippen LogP contribution in [-0.2, 0) is 20.7 Å². The lowest BCUT2D eigenvalue weighted by molar-refractivity contribution is -0.144. The third kappa shape index (κ3) is 6.68. The van der Waals surface area contributed by atoms with Crippen molar-refractivity contribution in [2.75, 3.05) is 32.8 Å². The minimum Gasteiger partial charge on any atom is -0.491 e. The van der Waals surface area contributed by atoms with E-state index in [2.05, 4.69) is 37.4 Å². The number of benzene rings is 1. The number of hydrogen-bond donors (Lipinski definition) is 0. The molecular formula is C29H40N2O4S. The molecule has 4 rings (SSSR count). The van der Waals surface area contributed by atoms with E-state index in [0.717, 1.165) is 37.2 Å². The average Bonchev–Trinajstić information content (AvgIpc) is 3.54. The van der Waals surface area contributed by atoms with Crippen molar-refractivity contribution in [1.29, 1.82) is 0 Å². The fraction of sp³-hybridized carbons (Fsp3) is 0.586. The van der Waals surface area contributed by atoms with Crippen molar-refractivity contribution in [3.63, 3.8) is 0 Å². The second-order valence-electron chi connectivity index (χ2n) is 10.7. The molecule has 1 aromatic carbocycles. The molecule has 1 aromatic heterocycles. The van der Waals surface area contributed by atoms with Crippen LogP contribution in [0.1, 0.15) is 74.9 Å². The van der Waals surface area contributed by atoms with Crippen molar-refractivity contribution in [3.8, 4) is 5.75 Å². The Morgan fingerprint density at radius 1 is 1.17 bits per heavy atom. The van der Waals surface area contributed by atoms with Gasteiger partial charge < -0.3 is 19.3 Å². The summed E-state index contributed by atoms with van der Waals surface area (Å²) in [7, 11) is 0. The van der Waals surface area contributed by atoms with Gasteiger partial charge in [-0.1, -0.05) is 39.8 Å². The predicted molar refractivity (Wildman–Crippen MR) is 144 cm³/mol. The summed E-state index contributed by atoms with van der Waals surface area (Å²) >= 11 is 1.74. The van der Waals surface area contributed by atoms with Gasteiger partial charge in [0.2, 0.25) is 11.8 Å². The molecule has 0 unspecified atom stereocenters. The van der Waals surface area contributed by atoms with Gasteiger partial charge in [-0.3, -0.25) is 9.59 Å². The molecule has 0 N–H and O–H groups in total. The van der Waals surface area contributed by atoms with Gasteiger partial charge in [-0.15, -0.1) is 11.3 Å². The van der Waals surface area contributed by atoms with E-state index in [1.807, 2.05) is 30.9 Å². The maximum Gasteiger partial charge on any atom is 0.242 e. The number of rotatable bonds is 10. The molecule has 2 atom stereocenters. The van der Waals surface area contributed by atoms with E-state index in [9.17, 15) is 9.59 Å². The molecule has 0 spiro atoms. The minimum absolute atomic E-state index is 0.0201. The average molecular weight is 513 g/mol. The lowest BCUT2D eigenvalue weighted by atomic mass is 10.00. The quantitative estimate of drug-likeness (QED) is 0.426. The van der Waals surface area contributed by atoms with E-state index in [4.69, 9.17) is 9.47 Å². The zero-order chi connectivity index (χ0) is 25.7. The van der Waals surface area contributed by atoms with E-state index in [-0.39, 0.29) is 36.4 Å². The molecule has 2 aromatic rings. The van der Waals surface area contributed by atoms with Crippen LogP contribution in [0.15, 0.2) is 35.7 Å². The molecule has 2 amide bonds. The number of carbonyl (C=O) groups is 2. The first-order chi connectivity index (χ1) is 17.3. The molecule has 3 heterocycles. The summed E-state index contributed by atoms with van der Waals surface area (Å²) in [5, 5.41) is 2.10. The Balaban J connectivity index is 1.47. The van der Waals surface area contributed by atoms with Gasteiger partial charge >= 0.3 is 0 Å². The fourth-order valence-electron chi connectivity index (χ4n) is 5.02. The molecule has 7 heteroatoms. The van der Waals surface area contributed by atoms with Crippen molar-refractivity contribution in [2.45, 2.75) is 71.4 Å². The van der Waals surface area contributed by atoms with Gasteiger partial charge in [0.05, 0.1) is 18.7 Å². The summed E-state index contributed by atoms with van der Waals surface area (Å²) in [6.07, 6.45) is 3.24. The van der Waals surface area contributed by atoms with Crippen molar-refractivity contribution in [2.24, 2.45) is 5.92 Å². The van der Waals surface area contributed by atoms with Crippen LogP contribution in [-0.4, -0.2) is 60.6 Å². The molecular weight excluding hydrogens is 472 g/mol. The Hall–Kier alpha value is -2.38. The number of carbonyl (C=O) groups excluding carboxylic acids is 2. The fourth-order valence-corrected chi connectivity index (χ4v) is 5.95. The number of ether oxygens (including phenoxy) is 2. The van der Waals surface area contributed by atoms with E-state index in [1.54, 1.807) is 16.2 Å². The van der Waals surface area contributed by atoms with Crippen LogP contribution in [0.2, 0.25) is 0 Å². The number of nitrogens with zero attached hydrogens (tertiary/aromatic N) is 2. The second-order valence-corrected chi connectivity index (χ2v) is 11.7. The molecule has 0 radical (unpaired) electrons. The molecule has 0 bridgehead atoms. The van der Waals surface area contributed by atoms with Crippen LogP contribution in [0, 0.1) is 5.92 Å². The highest BCUT2D eigenvalue weighted by Gasteiger charge is 2.34. The van der Waals surface area contributed by atoms with Gasteiger partial charge in [0.25, 0.3) is 0 Å². The van der Waals surface area contributed by atoms with Gasteiger partial charge in [-0.05, 0) is 65.8 Å². The van der Waals surface area contributed by atoms with Gasteiger partial charge in [-0.25, -0.2) is 0 Å². The first-order valence-electron chi connectivity index (χ1n) is 13.3. The SMILES string of the molecule is CC(C)CC(=O)N(CC(=O)N1CCc2sccc2[C@@H]1COc1ccc(C(C)C)cc1)C[C@@H]1CCCO1. The third-order valence-electron chi connectivity index (χ3n) is 7.08. The Bertz CT molecular complexity index is 1010.